The zero-order valence-electron chi connectivity index (χ0n) is 14.9. The quantitative estimate of drug-likeness (QED) is 0.663. The van der Waals surface area contributed by atoms with E-state index in [-0.39, 0.29) is 17.5 Å². The van der Waals surface area contributed by atoms with Gasteiger partial charge in [-0.3, -0.25) is 4.79 Å². The summed E-state index contributed by atoms with van der Waals surface area (Å²) in [5.41, 5.74) is 2.50. The topological polar surface area (TPSA) is 56.1 Å². The number of nitriles is 1. The van der Waals surface area contributed by atoms with Crippen LogP contribution in [0.2, 0.25) is 0 Å². The molecule has 1 aliphatic heterocycles. The Kier molecular flexibility index (Phi) is 6.43. The van der Waals surface area contributed by atoms with E-state index in [1.54, 1.807) is 6.20 Å². The second-order valence-electron chi connectivity index (χ2n) is 6.53. The molecule has 0 bridgehead atoms. The third-order valence-corrected chi connectivity index (χ3v) is 4.75. The van der Waals surface area contributed by atoms with Crippen molar-refractivity contribution >= 4 is 5.91 Å². The molecule has 2 atom stereocenters. The van der Waals surface area contributed by atoms with Crippen molar-refractivity contribution in [2.24, 2.45) is 0 Å². The summed E-state index contributed by atoms with van der Waals surface area (Å²) in [5, 5.41) is 12.3. The first kappa shape index (κ1) is 18.1. The van der Waals surface area contributed by atoms with E-state index >= 15 is 0 Å². The van der Waals surface area contributed by atoms with Gasteiger partial charge in [-0.25, -0.2) is 0 Å². The van der Waals surface area contributed by atoms with Crippen molar-refractivity contribution in [2.75, 3.05) is 6.54 Å². The smallest absolute Gasteiger partial charge is 0.263 e. The fourth-order valence-corrected chi connectivity index (χ4v) is 3.02. The number of piperidine rings is 1. The molecule has 1 aromatic carbocycles. The molecule has 0 radical (unpaired) electrons. The number of rotatable bonds is 5. The Balaban J connectivity index is 2.03. The van der Waals surface area contributed by atoms with Crippen molar-refractivity contribution in [3.63, 3.8) is 0 Å². The normalized spacial score (nSPS) is 19.5. The Morgan fingerprint density at radius 3 is 2.71 bits per heavy atom. The summed E-state index contributed by atoms with van der Waals surface area (Å²) in [6.45, 7) is 7.11. The number of benzene rings is 1. The van der Waals surface area contributed by atoms with Gasteiger partial charge in [0.05, 0.1) is 6.04 Å². The Bertz CT molecular complexity index is 627. The van der Waals surface area contributed by atoms with Crippen LogP contribution in [-0.2, 0) is 11.2 Å². The lowest BCUT2D eigenvalue weighted by atomic mass is 10.0. The first-order chi connectivity index (χ1) is 11.5. The summed E-state index contributed by atoms with van der Waals surface area (Å²) in [4.78, 5) is 14.5. The molecule has 1 saturated heterocycles. The minimum atomic E-state index is -0.303. The van der Waals surface area contributed by atoms with Gasteiger partial charge in [0, 0.05) is 18.8 Å². The standard InChI is InChI=1S/C20H27N3O/c1-4-17-8-10-18(11-9-17)16(3)22-20(24)19(13-21)14-23-12-6-5-7-15(23)2/h8-11,14-16H,4-7,12H2,1-3H3,(H,22,24)/b19-14-. The fourth-order valence-electron chi connectivity index (χ4n) is 3.02. The van der Waals surface area contributed by atoms with Crippen LogP contribution in [0.4, 0.5) is 0 Å². The van der Waals surface area contributed by atoms with Gasteiger partial charge in [-0.05, 0) is 50.7 Å². The van der Waals surface area contributed by atoms with Crippen LogP contribution in [0.1, 0.15) is 57.2 Å². The van der Waals surface area contributed by atoms with Crippen molar-refractivity contribution < 1.29 is 4.79 Å². The second-order valence-corrected chi connectivity index (χ2v) is 6.53. The SMILES string of the molecule is CCc1ccc(C(C)NC(=O)/C(C#N)=C\N2CCCCC2C)cc1. The van der Waals surface area contributed by atoms with E-state index < -0.39 is 0 Å². The maximum Gasteiger partial charge on any atom is 0.263 e. The molecule has 128 valence electrons. The van der Waals surface area contributed by atoms with Gasteiger partial charge in [0.25, 0.3) is 5.91 Å². The van der Waals surface area contributed by atoms with E-state index in [9.17, 15) is 10.1 Å². The molecule has 0 spiro atoms. The van der Waals surface area contributed by atoms with Gasteiger partial charge < -0.3 is 10.2 Å². The highest BCUT2D eigenvalue weighted by molar-refractivity contribution is 5.97. The molecule has 2 unspecified atom stereocenters. The van der Waals surface area contributed by atoms with Crippen molar-refractivity contribution in [3.05, 3.63) is 47.2 Å². The summed E-state index contributed by atoms with van der Waals surface area (Å²) >= 11 is 0. The van der Waals surface area contributed by atoms with Gasteiger partial charge in [-0.15, -0.1) is 0 Å². The number of carbonyl (C=O) groups excluding carboxylic acids is 1. The molecule has 1 amide bonds. The third-order valence-electron chi connectivity index (χ3n) is 4.75. The van der Waals surface area contributed by atoms with Crippen LogP contribution in [0.15, 0.2) is 36.0 Å². The predicted molar refractivity (Wildman–Crippen MR) is 96.1 cm³/mol. The lowest BCUT2D eigenvalue weighted by Gasteiger charge is -2.32. The number of likely N-dealkylation sites (tertiary alicyclic amines) is 1. The van der Waals surface area contributed by atoms with E-state index in [2.05, 4.69) is 42.3 Å². The van der Waals surface area contributed by atoms with Crippen molar-refractivity contribution in [3.8, 4) is 6.07 Å². The number of carbonyl (C=O) groups is 1. The largest absolute Gasteiger partial charge is 0.373 e. The van der Waals surface area contributed by atoms with E-state index in [0.29, 0.717) is 6.04 Å². The number of aryl methyl sites for hydroxylation is 1. The van der Waals surface area contributed by atoms with Gasteiger partial charge >= 0.3 is 0 Å². The maximum atomic E-state index is 12.4. The predicted octanol–water partition coefficient (Wildman–Crippen LogP) is 3.71. The molecule has 0 aliphatic carbocycles. The number of hydrogen-bond acceptors (Lipinski definition) is 3. The Morgan fingerprint density at radius 2 is 2.12 bits per heavy atom. The zero-order chi connectivity index (χ0) is 17.5. The van der Waals surface area contributed by atoms with Crippen LogP contribution < -0.4 is 5.32 Å². The molecule has 1 N–H and O–H groups in total. The minimum Gasteiger partial charge on any atom is -0.373 e. The summed E-state index contributed by atoms with van der Waals surface area (Å²) in [6.07, 6.45) is 6.16. The van der Waals surface area contributed by atoms with Crippen LogP contribution >= 0.6 is 0 Å². The van der Waals surface area contributed by atoms with Crippen molar-refractivity contribution in [1.82, 2.24) is 10.2 Å². The van der Waals surface area contributed by atoms with Crippen LogP contribution in [0, 0.1) is 11.3 Å². The van der Waals surface area contributed by atoms with Crippen LogP contribution in [-0.4, -0.2) is 23.4 Å². The highest BCUT2D eigenvalue weighted by Gasteiger charge is 2.19. The lowest BCUT2D eigenvalue weighted by molar-refractivity contribution is -0.117. The molecule has 1 fully saturated rings. The molecule has 1 heterocycles. The number of nitrogens with zero attached hydrogens (tertiary/aromatic N) is 2. The molecular weight excluding hydrogens is 298 g/mol. The molecule has 1 aromatic rings. The first-order valence-corrected chi connectivity index (χ1v) is 8.82. The average molecular weight is 325 g/mol. The fraction of sp³-hybridized carbons (Fsp3) is 0.500. The number of hydrogen-bond donors (Lipinski definition) is 1. The van der Waals surface area contributed by atoms with Crippen LogP contribution in [0.25, 0.3) is 0 Å². The summed E-state index contributed by atoms with van der Waals surface area (Å²) in [5.74, 6) is -0.303. The zero-order valence-corrected chi connectivity index (χ0v) is 14.9. The third kappa shape index (κ3) is 4.61. The molecule has 2 rings (SSSR count). The number of amides is 1. The highest BCUT2D eigenvalue weighted by atomic mass is 16.1. The molecule has 0 aromatic heterocycles. The van der Waals surface area contributed by atoms with Crippen molar-refractivity contribution in [2.45, 2.75) is 58.5 Å². The first-order valence-electron chi connectivity index (χ1n) is 8.82. The summed E-state index contributed by atoms with van der Waals surface area (Å²) in [6, 6.07) is 10.5. The van der Waals surface area contributed by atoms with E-state index in [0.717, 1.165) is 31.4 Å². The van der Waals surface area contributed by atoms with Crippen molar-refractivity contribution in [1.29, 1.82) is 5.26 Å². The summed E-state index contributed by atoms with van der Waals surface area (Å²) in [7, 11) is 0. The van der Waals surface area contributed by atoms with E-state index in [4.69, 9.17) is 0 Å². The Hall–Kier alpha value is -2.28. The number of nitrogens with one attached hydrogen (secondary N) is 1. The van der Waals surface area contributed by atoms with Gasteiger partial charge in [-0.1, -0.05) is 31.2 Å². The summed E-state index contributed by atoms with van der Waals surface area (Å²) < 4.78 is 0. The van der Waals surface area contributed by atoms with Gasteiger partial charge in [0.2, 0.25) is 0 Å². The van der Waals surface area contributed by atoms with E-state index in [1.165, 1.54) is 12.0 Å². The van der Waals surface area contributed by atoms with E-state index in [1.807, 2.05) is 19.1 Å². The molecule has 0 saturated carbocycles. The van der Waals surface area contributed by atoms with Gasteiger partial charge in [0.15, 0.2) is 0 Å². The lowest BCUT2D eigenvalue weighted by Crippen LogP contribution is -2.35. The second kappa shape index (κ2) is 8.54. The molecular formula is C20H27N3O. The average Bonchev–Trinajstić information content (AvgIpc) is 2.61. The Morgan fingerprint density at radius 1 is 1.42 bits per heavy atom. The van der Waals surface area contributed by atoms with Gasteiger partial charge in [-0.2, -0.15) is 5.26 Å². The molecule has 4 nitrogen and oxygen atoms in total. The molecule has 4 heteroatoms. The van der Waals surface area contributed by atoms with Crippen LogP contribution in [0.3, 0.4) is 0 Å². The van der Waals surface area contributed by atoms with Gasteiger partial charge in [0.1, 0.15) is 11.6 Å². The molecule has 1 aliphatic rings. The molecule has 24 heavy (non-hydrogen) atoms. The Labute approximate surface area is 145 Å². The maximum absolute atomic E-state index is 12.4. The monoisotopic (exact) mass is 325 g/mol. The highest BCUT2D eigenvalue weighted by Crippen LogP contribution is 2.18. The van der Waals surface area contributed by atoms with Crippen LogP contribution in [0.5, 0.6) is 0 Å². The minimum absolute atomic E-state index is 0.126.